The van der Waals surface area contributed by atoms with E-state index in [4.69, 9.17) is 9.47 Å². The van der Waals surface area contributed by atoms with E-state index in [9.17, 15) is 18.7 Å². The van der Waals surface area contributed by atoms with Crippen LogP contribution in [-0.2, 0) is 17.7 Å². The summed E-state index contributed by atoms with van der Waals surface area (Å²) in [5.41, 5.74) is 1.50. The summed E-state index contributed by atoms with van der Waals surface area (Å²) in [6.45, 7) is 2.51. The number of benzene rings is 2. The Balaban J connectivity index is 1.77. The maximum atomic E-state index is 13.8. The number of ether oxygens (including phenoxy) is 2. The number of pyridine rings is 1. The molecule has 1 aromatic heterocycles. The summed E-state index contributed by atoms with van der Waals surface area (Å²) in [5, 5.41) is 17.3. The lowest BCUT2D eigenvalue weighted by atomic mass is 10.00. The average molecular weight is 486 g/mol. The van der Waals surface area contributed by atoms with E-state index in [1.54, 1.807) is 26.2 Å². The minimum Gasteiger partial charge on any atom is -0.497 e. The SMILES string of the molecule is CCOC(=O)c1cccnc1NC(Cc1cc(F)cc(F)c1)C(O)CNCc1cccc(OC)c1. The van der Waals surface area contributed by atoms with Gasteiger partial charge in [-0.25, -0.2) is 18.6 Å². The summed E-state index contributed by atoms with van der Waals surface area (Å²) >= 11 is 0. The number of aromatic nitrogens is 1. The number of hydrogen-bond acceptors (Lipinski definition) is 7. The second-order valence-electron chi connectivity index (χ2n) is 7.90. The van der Waals surface area contributed by atoms with Crippen LogP contribution in [-0.4, -0.2) is 48.5 Å². The molecule has 2 aromatic carbocycles. The van der Waals surface area contributed by atoms with Gasteiger partial charge in [-0.3, -0.25) is 0 Å². The predicted octanol–water partition coefficient (Wildman–Crippen LogP) is 3.72. The molecule has 2 atom stereocenters. The third kappa shape index (κ3) is 7.73. The van der Waals surface area contributed by atoms with Crippen molar-refractivity contribution < 1.29 is 28.2 Å². The number of hydrogen-bond donors (Lipinski definition) is 3. The molecule has 3 N–H and O–H groups in total. The van der Waals surface area contributed by atoms with Gasteiger partial charge in [0.1, 0.15) is 28.8 Å². The molecule has 0 aliphatic rings. The van der Waals surface area contributed by atoms with Crippen LogP contribution in [0.1, 0.15) is 28.4 Å². The first-order valence-corrected chi connectivity index (χ1v) is 11.2. The zero-order chi connectivity index (χ0) is 25.2. The van der Waals surface area contributed by atoms with Crippen molar-refractivity contribution in [3.8, 4) is 5.75 Å². The Morgan fingerprint density at radius 2 is 1.86 bits per heavy atom. The maximum Gasteiger partial charge on any atom is 0.341 e. The van der Waals surface area contributed by atoms with E-state index < -0.39 is 29.7 Å². The van der Waals surface area contributed by atoms with E-state index in [1.807, 2.05) is 24.3 Å². The van der Waals surface area contributed by atoms with Crippen molar-refractivity contribution in [3.63, 3.8) is 0 Å². The highest BCUT2D eigenvalue weighted by Gasteiger charge is 2.23. The summed E-state index contributed by atoms with van der Waals surface area (Å²) in [5.74, 6) is -1.06. The number of nitrogens with zero attached hydrogens (tertiary/aromatic N) is 1. The van der Waals surface area contributed by atoms with Gasteiger partial charge in [-0.1, -0.05) is 12.1 Å². The van der Waals surface area contributed by atoms with Crippen molar-refractivity contribution in [3.05, 3.63) is 89.1 Å². The standard InChI is InChI=1S/C26H29F2N3O4/c1-3-35-26(33)22-8-5-9-30-25(22)31-23(13-18-10-19(27)14-20(28)11-18)24(32)16-29-15-17-6-4-7-21(12-17)34-2/h4-12,14,23-24,29,32H,3,13,15-16H2,1-2H3,(H,30,31). The summed E-state index contributed by atoms with van der Waals surface area (Å²) in [7, 11) is 1.59. The lowest BCUT2D eigenvalue weighted by molar-refractivity contribution is 0.0526. The van der Waals surface area contributed by atoms with Crippen LogP contribution in [0.2, 0.25) is 0 Å². The number of rotatable bonds is 12. The Kier molecular flexibility index (Phi) is 9.51. The van der Waals surface area contributed by atoms with Gasteiger partial charge in [-0.2, -0.15) is 0 Å². The quantitative estimate of drug-likeness (QED) is 0.337. The number of aliphatic hydroxyl groups excluding tert-OH is 1. The van der Waals surface area contributed by atoms with Crippen LogP contribution in [0.4, 0.5) is 14.6 Å². The first-order valence-electron chi connectivity index (χ1n) is 11.2. The van der Waals surface area contributed by atoms with Gasteiger partial charge in [0.2, 0.25) is 0 Å². The average Bonchev–Trinajstić information content (AvgIpc) is 2.83. The fourth-order valence-electron chi connectivity index (χ4n) is 3.62. The molecule has 186 valence electrons. The Morgan fingerprint density at radius 3 is 2.57 bits per heavy atom. The molecular weight excluding hydrogens is 456 g/mol. The zero-order valence-corrected chi connectivity index (χ0v) is 19.6. The number of esters is 1. The number of halogens is 2. The van der Waals surface area contributed by atoms with E-state index in [0.29, 0.717) is 12.1 Å². The van der Waals surface area contributed by atoms with Crippen molar-refractivity contribution in [2.24, 2.45) is 0 Å². The minimum atomic E-state index is -0.996. The molecule has 3 rings (SSSR count). The van der Waals surface area contributed by atoms with Gasteiger partial charge in [-0.05, 0) is 60.9 Å². The Hall–Kier alpha value is -3.56. The van der Waals surface area contributed by atoms with Gasteiger partial charge in [-0.15, -0.1) is 0 Å². The van der Waals surface area contributed by atoms with Crippen molar-refractivity contribution in [2.75, 3.05) is 25.6 Å². The van der Waals surface area contributed by atoms with Crippen molar-refractivity contribution >= 4 is 11.8 Å². The number of carbonyl (C=O) groups is 1. The normalized spacial score (nSPS) is 12.6. The van der Waals surface area contributed by atoms with E-state index >= 15 is 0 Å². The molecule has 0 fully saturated rings. The molecule has 0 radical (unpaired) electrons. The highest BCUT2D eigenvalue weighted by Crippen LogP contribution is 2.19. The second kappa shape index (κ2) is 12.8. The summed E-state index contributed by atoms with van der Waals surface area (Å²) in [6.07, 6.45) is 0.580. The molecule has 7 nitrogen and oxygen atoms in total. The van der Waals surface area contributed by atoms with Crippen LogP contribution < -0.4 is 15.4 Å². The molecule has 0 amide bonds. The Bertz CT molecular complexity index is 1110. The molecule has 1 heterocycles. The lowest BCUT2D eigenvalue weighted by Crippen LogP contribution is -2.42. The maximum absolute atomic E-state index is 13.8. The van der Waals surface area contributed by atoms with Crippen LogP contribution in [0.5, 0.6) is 5.75 Å². The predicted molar refractivity (Wildman–Crippen MR) is 128 cm³/mol. The van der Waals surface area contributed by atoms with Crippen molar-refractivity contribution in [1.29, 1.82) is 0 Å². The first kappa shape index (κ1) is 26.1. The highest BCUT2D eigenvalue weighted by atomic mass is 19.1. The van der Waals surface area contributed by atoms with Gasteiger partial charge in [0, 0.05) is 25.4 Å². The smallest absolute Gasteiger partial charge is 0.341 e. The summed E-state index contributed by atoms with van der Waals surface area (Å²) < 4.78 is 37.9. The van der Waals surface area contributed by atoms with Crippen molar-refractivity contribution in [1.82, 2.24) is 10.3 Å². The molecule has 0 spiro atoms. The van der Waals surface area contributed by atoms with E-state index in [2.05, 4.69) is 15.6 Å². The molecule has 0 aliphatic heterocycles. The molecule has 2 unspecified atom stereocenters. The Labute approximate surface area is 203 Å². The number of aliphatic hydroxyl groups is 1. The van der Waals surface area contributed by atoms with Crippen LogP contribution in [0.25, 0.3) is 0 Å². The number of nitrogens with one attached hydrogen (secondary N) is 2. The molecule has 0 saturated carbocycles. The monoisotopic (exact) mass is 485 g/mol. The highest BCUT2D eigenvalue weighted by molar-refractivity contribution is 5.94. The molecule has 3 aromatic rings. The summed E-state index contributed by atoms with van der Waals surface area (Å²) in [6, 6.07) is 13.1. The summed E-state index contributed by atoms with van der Waals surface area (Å²) in [4.78, 5) is 16.6. The third-order valence-corrected chi connectivity index (χ3v) is 5.28. The van der Waals surface area contributed by atoms with E-state index in [-0.39, 0.29) is 31.0 Å². The fraction of sp³-hybridized carbons (Fsp3) is 0.308. The molecule has 0 bridgehead atoms. The van der Waals surface area contributed by atoms with Crippen LogP contribution in [0.3, 0.4) is 0 Å². The van der Waals surface area contributed by atoms with Gasteiger partial charge >= 0.3 is 5.97 Å². The van der Waals surface area contributed by atoms with Crippen LogP contribution in [0.15, 0.2) is 60.8 Å². The molecule has 9 heteroatoms. The molecular formula is C26H29F2N3O4. The second-order valence-corrected chi connectivity index (χ2v) is 7.90. The topological polar surface area (TPSA) is 92.7 Å². The number of carbonyl (C=O) groups excluding carboxylic acids is 1. The largest absolute Gasteiger partial charge is 0.497 e. The van der Waals surface area contributed by atoms with Crippen LogP contribution >= 0.6 is 0 Å². The van der Waals surface area contributed by atoms with Gasteiger partial charge in [0.15, 0.2) is 0 Å². The minimum absolute atomic E-state index is 0.0789. The van der Waals surface area contributed by atoms with Crippen molar-refractivity contribution in [2.45, 2.75) is 32.0 Å². The van der Waals surface area contributed by atoms with Gasteiger partial charge in [0.25, 0.3) is 0 Å². The number of anilines is 1. The van der Waals surface area contributed by atoms with E-state index in [0.717, 1.165) is 17.4 Å². The Morgan fingerprint density at radius 1 is 1.09 bits per heavy atom. The first-order chi connectivity index (χ1) is 16.9. The molecule has 35 heavy (non-hydrogen) atoms. The third-order valence-electron chi connectivity index (χ3n) is 5.28. The van der Waals surface area contributed by atoms with E-state index in [1.165, 1.54) is 18.3 Å². The molecule has 0 aliphatic carbocycles. The van der Waals surface area contributed by atoms with Gasteiger partial charge < -0.3 is 25.2 Å². The fourth-order valence-corrected chi connectivity index (χ4v) is 3.62. The van der Waals surface area contributed by atoms with Gasteiger partial charge in [0.05, 0.1) is 25.9 Å². The van der Waals surface area contributed by atoms with Crippen LogP contribution in [0, 0.1) is 11.6 Å². The zero-order valence-electron chi connectivity index (χ0n) is 19.6. The molecule has 0 saturated heterocycles. The lowest BCUT2D eigenvalue weighted by Gasteiger charge is -2.26. The number of methoxy groups -OCH3 is 1.